The van der Waals surface area contributed by atoms with Crippen molar-refractivity contribution in [3.8, 4) is 0 Å². The zero-order valence-electron chi connectivity index (χ0n) is 15.3. The first-order valence-corrected chi connectivity index (χ1v) is 10.5. The number of esters is 1. The lowest BCUT2D eigenvalue weighted by Gasteiger charge is -2.33. The smallest absolute Gasteiger partial charge is 0.308 e. The standard InChI is InChI=1S/C18H27N3O4S/c1-3-19-18(21-12-9-15(10-13-21)17(22)25-2)20-11-14-26(23,24)16-7-5-4-6-8-16/h4-8,15H,3,9-14H2,1-2H3,(H,19,20). The van der Waals surface area contributed by atoms with E-state index in [1.807, 2.05) is 6.92 Å². The van der Waals surface area contributed by atoms with Crippen LogP contribution in [0.4, 0.5) is 0 Å². The van der Waals surface area contributed by atoms with Crippen LogP contribution in [0.2, 0.25) is 0 Å². The van der Waals surface area contributed by atoms with Crippen LogP contribution in [0.25, 0.3) is 0 Å². The fourth-order valence-corrected chi connectivity index (χ4v) is 4.08. The number of aliphatic imine (C=N–C) groups is 1. The van der Waals surface area contributed by atoms with Gasteiger partial charge in [0.15, 0.2) is 15.8 Å². The number of hydrogen-bond acceptors (Lipinski definition) is 5. The molecular weight excluding hydrogens is 354 g/mol. The normalized spacial score (nSPS) is 16.4. The molecule has 0 radical (unpaired) electrons. The average Bonchev–Trinajstić information content (AvgIpc) is 2.67. The molecule has 1 aliphatic heterocycles. The van der Waals surface area contributed by atoms with Crippen LogP contribution in [0.3, 0.4) is 0 Å². The van der Waals surface area contributed by atoms with Gasteiger partial charge in [0.1, 0.15) is 0 Å². The lowest BCUT2D eigenvalue weighted by Crippen LogP contribution is -2.46. The van der Waals surface area contributed by atoms with Crippen LogP contribution >= 0.6 is 0 Å². The third-order valence-electron chi connectivity index (χ3n) is 4.39. The first kappa shape index (κ1) is 20.2. The Morgan fingerprint density at radius 1 is 1.27 bits per heavy atom. The molecule has 1 aliphatic rings. The predicted octanol–water partition coefficient (Wildman–Crippen LogP) is 1.31. The highest BCUT2D eigenvalue weighted by atomic mass is 32.2. The van der Waals surface area contributed by atoms with E-state index in [2.05, 4.69) is 15.2 Å². The monoisotopic (exact) mass is 381 g/mol. The summed E-state index contributed by atoms with van der Waals surface area (Å²) in [6.07, 6.45) is 1.42. The predicted molar refractivity (Wildman–Crippen MR) is 101 cm³/mol. The number of methoxy groups -OCH3 is 1. The van der Waals surface area contributed by atoms with Gasteiger partial charge in [0, 0.05) is 19.6 Å². The van der Waals surface area contributed by atoms with E-state index < -0.39 is 9.84 Å². The molecule has 0 saturated carbocycles. The van der Waals surface area contributed by atoms with Crippen LogP contribution in [0, 0.1) is 5.92 Å². The van der Waals surface area contributed by atoms with Gasteiger partial charge >= 0.3 is 5.97 Å². The van der Waals surface area contributed by atoms with Crippen molar-refractivity contribution in [1.29, 1.82) is 0 Å². The minimum Gasteiger partial charge on any atom is -0.469 e. The molecule has 1 aromatic rings. The van der Waals surface area contributed by atoms with Crippen molar-refractivity contribution in [2.45, 2.75) is 24.7 Å². The minimum atomic E-state index is -3.34. The molecule has 0 amide bonds. The van der Waals surface area contributed by atoms with Crippen molar-refractivity contribution < 1.29 is 17.9 Å². The van der Waals surface area contributed by atoms with Gasteiger partial charge in [-0.05, 0) is 31.9 Å². The van der Waals surface area contributed by atoms with Crippen molar-refractivity contribution in [2.75, 3.05) is 39.0 Å². The highest BCUT2D eigenvalue weighted by Crippen LogP contribution is 2.18. The number of ether oxygens (including phenoxy) is 1. The zero-order chi connectivity index (χ0) is 19.0. The fourth-order valence-electron chi connectivity index (χ4n) is 2.94. The molecule has 7 nitrogen and oxygen atoms in total. The average molecular weight is 381 g/mol. The Morgan fingerprint density at radius 2 is 1.92 bits per heavy atom. The molecule has 0 aromatic heterocycles. The molecule has 1 aromatic carbocycles. The topological polar surface area (TPSA) is 88.1 Å². The Balaban J connectivity index is 1.96. The van der Waals surface area contributed by atoms with Gasteiger partial charge in [0.05, 0.1) is 30.2 Å². The van der Waals surface area contributed by atoms with Gasteiger partial charge in [-0.3, -0.25) is 9.79 Å². The van der Waals surface area contributed by atoms with E-state index in [-0.39, 0.29) is 24.2 Å². The molecule has 1 fully saturated rings. The van der Waals surface area contributed by atoms with Crippen LogP contribution < -0.4 is 5.32 Å². The minimum absolute atomic E-state index is 0.0372. The van der Waals surface area contributed by atoms with Gasteiger partial charge < -0.3 is 15.0 Å². The van der Waals surface area contributed by atoms with E-state index in [0.29, 0.717) is 43.3 Å². The summed E-state index contributed by atoms with van der Waals surface area (Å²) in [5, 5.41) is 3.20. The first-order valence-electron chi connectivity index (χ1n) is 8.87. The molecule has 2 rings (SSSR count). The van der Waals surface area contributed by atoms with Crippen LogP contribution in [0.15, 0.2) is 40.2 Å². The molecular formula is C18H27N3O4S. The summed E-state index contributed by atoms with van der Waals surface area (Å²) in [4.78, 5) is 18.5. The Morgan fingerprint density at radius 3 is 2.50 bits per heavy atom. The highest BCUT2D eigenvalue weighted by Gasteiger charge is 2.27. The largest absolute Gasteiger partial charge is 0.469 e. The summed E-state index contributed by atoms with van der Waals surface area (Å²) in [6.45, 7) is 4.24. The van der Waals surface area contributed by atoms with E-state index in [1.165, 1.54) is 7.11 Å². The van der Waals surface area contributed by atoms with E-state index >= 15 is 0 Å². The van der Waals surface area contributed by atoms with Crippen molar-refractivity contribution in [1.82, 2.24) is 10.2 Å². The Kier molecular flexibility index (Phi) is 7.44. The van der Waals surface area contributed by atoms with Crippen LogP contribution in [-0.4, -0.2) is 64.3 Å². The Hall–Kier alpha value is -2.09. The lowest BCUT2D eigenvalue weighted by atomic mass is 9.97. The first-order chi connectivity index (χ1) is 12.5. The number of piperidine rings is 1. The second kappa shape index (κ2) is 9.56. The summed E-state index contributed by atoms with van der Waals surface area (Å²) in [7, 11) is -1.93. The molecule has 0 spiro atoms. The number of nitrogens with zero attached hydrogens (tertiary/aromatic N) is 2. The highest BCUT2D eigenvalue weighted by molar-refractivity contribution is 7.91. The van der Waals surface area contributed by atoms with Gasteiger partial charge in [0.2, 0.25) is 0 Å². The van der Waals surface area contributed by atoms with Gasteiger partial charge in [0.25, 0.3) is 0 Å². The maximum atomic E-state index is 12.3. The number of carbonyl (C=O) groups is 1. The number of rotatable bonds is 6. The molecule has 26 heavy (non-hydrogen) atoms. The number of sulfone groups is 1. The molecule has 0 aliphatic carbocycles. The number of carbonyl (C=O) groups excluding carboxylic acids is 1. The molecule has 1 heterocycles. The Labute approximate surface area is 155 Å². The summed E-state index contributed by atoms with van der Waals surface area (Å²) in [5.74, 6) is 0.419. The summed E-state index contributed by atoms with van der Waals surface area (Å²) >= 11 is 0. The number of benzene rings is 1. The molecule has 1 saturated heterocycles. The summed E-state index contributed by atoms with van der Waals surface area (Å²) in [5.41, 5.74) is 0. The van der Waals surface area contributed by atoms with Crippen molar-refractivity contribution in [2.24, 2.45) is 10.9 Å². The molecule has 0 unspecified atom stereocenters. The zero-order valence-corrected chi connectivity index (χ0v) is 16.2. The number of guanidine groups is 1. The third kappa shape index (κ3) is 5.45. The number of nitrogens with one attached hydrogen (secondary N) is 1. The number of hydrogen-bond donors (Lipinski definition) is 1. The maximum Gasteiger partial charge on any atom is 0.308 e. The quantitative estimate of drug-likeness (QED) is 0.454. The van der Waals surface area contributed by atoms with Gasteiger partial charge in [-0.2, -0.15) is 0 Å². The summed E-state index contributed by atoms with van der Waals surface area (Å²) in [6, 6.07) is 8.42. The maximum absolute atomic E-state index is 12.3. The van der Waals surface area contributed by atoms with E-state index in [9.17, 15) is 13.2 Å². The SMILES string of the molecule is CCNC(=NCCS(=O)(=O)c1ccccc1)N1CCC(C(=O)OC)CC1. The van der Waals surface area contributed by atoms with E-state index in [1.54, 1.807) is 30.3 Å². The molecule has 8 heteroatoms. The summed E-state index contributed by atoms with van der Waals surface area (Å²) < 4.78 is 29.5. The lowest BCUT2D eigenvalue weighted by molar-refractivity contribution is -0.146. The second-order valence-corrected chi connectivity index (χ2v) is 8.26. The Bertz CT molecular complexity index is 711. The number of likely N-dealkylation sites (tertiary alicyclic amines) is 1. The van der Waals surface area contributed by atoms with Crippen molar-refractivity contribution in [3.63, 3.8) is 0 Å². The van der Waals surface area contributed by atoms with Crippen LogP contribution in [0.1, 0.15) is 19.8 Å². The second-order valence-electron chi connectivity index (χ2n) is 6.15. The van der Waals surface area contributed by atoms with Crippen molar-refractivity contribution in [3.05, 3.63) is 30.3 Å². The van der Waals surface area contributed by atoms with Gasteiger partial charge in [-0.15, -0.1) is 0 Å². The third-order valence-corrected chi connectivity index (χ3v) is 6.10. The molecule has 1 N–H and O–H groups in total. The fraction of sp³-hybridized carbons (Fsp3) is 0.556. The van der Waals surface area contributed by atoms with E-state index in [0.717, 1.165) is 0 Å². The van der Waals surface area contributed by atoms with Crippen LogP contribution in [0.5, 0.6) is 0 Å². The van der Waals surface area contributed by atoms with Gasteiger partial charge in [-0.25, -0.2) is 8.42 Å². The molecule has 0 bridgehead atoms. The van der Waals surface area contributed by atoms with E-state index in [4.69, 9.17) is 4.74 Å². The van der Waals surface area contributed by atoms with Crippen LogP contribution in [-0.2, 0) is 19.4 Å². The van der Waals surface area contributed by atoms with Crippen molar-refractivity contribution >= 4 is 21.8 Å². The molecule has 0 atom stereocenters. The molecule has 144 valence electrons. The van der Waals surface area contributed by atoms with Gasteiger partial charge in [-0.1, -0.05) is 18.2 Å².